The van der Waals surface area contributed by atoms with Gasteiger partial charge in [-0.1, -0.05) is 45.4 Å². The third kappa shape index (κ3) is 1.93. The summed E-state index contributed by atoms with van der Waals surface area (Å²) >= 11 is 5.58. The Hall–Kier alpha value is -1.14. The predicted molar refractivity (Wildman–Crippen MR) is 102 cm³/mol. The highest BCUT2D eigenvalue weighted by Gasteiger charge is 2.52. The van der Waals surface area contributed by atoms with E-state index in [9.17, 15) is 0 Å². The van der Waals surface area contributed by atoms with E-state index in [1.807, 2.05) is 34.0 Å². The summed E-state index contributed by atoms with van der Waals surface area (Å²) in [5.41, 5.74) is 2.98. The van der Waals surface area contributed by atoms with Gasteiger partial charge >= 0.3 is 6.35 Å². The quantitative estimate of drug-likeness (QED) is 0.496. The van der Waals surface area contributed by atoms with E-state index in [-0.39, 0.29) is 0 Å². The topological polar surface area (TPSA) is 2.70 Å². The minimum atomic E-state index is -1.06. The minimum Gasteiger partial charge on any atom is -0.658 e. The van der Waals surface area contributed by atoms with Crippen LogP contribution in [-0.4, -0.2) is 20.1 Å². The molecule has 4 heterocycles. The lowest BCUT2D eigenvalue weighted by molar-refractivity contribution is 0.0850. The summed E-state index contributed by atoms with van der Waals surface area (Å²) in [6.07, 6.45) is -1.06. The zero-order chi connectivity index (χ0) is 15.2. The van der Waals surface area contributed by atoms with Crippen molar-refractivity contribution in [3.05, 3.63) is 63.0 Å². The first-order chi connectivity index (χ1) is 10.7. The summed E-state index contributed by atoms with van der Waals surface area (Å²) in [6, 6.07) is 13.4. The summed E-state index contributed by atoms with van der Waals surface area (Å²) < 4.78 is 6.41. The molecule has 0 aliphatic carbocycles. The van der Waals surface area contributed by atoms with Crippen LogP contribution >= 0.6 is 34.0 Å². The summed E-state index contributed by atoms with van der Waals surface area (Å²) in [5, 5.41) is 6.57. The smallest absolute Gasteiger partial charge is 0.397 e. The molecule has 22 heavy (non-hydrogen) atoms. The van der Waals surface area contributed by atoms with Gasteiger partial charge in [0.15, 0.2) is 0 Å². The van der Waals surface area contributed by atoms with E-state index in [0.29, 0.717) is 0 Å². The number of rotatable bonds is 3. The second-order valence-electron chi connectivity index (χ2n) is 5.82. The van der Waals surface area contributed by atoms with Gasteiger partial charge in [0, 0.05) is 4.88 Å². The molecule has 0 unspecified atom stereocenters. The van der Waals surface area contributed by atoms with Gasteiger partial charge in [0.1, 0.15) is 6.61 Å². The molecule has 0 spiro atoms. The fourth-order valence-corrected chi connectivity index (χ4v) is 6.95. The fourth-order valence-electron chi connectivity index (χ4n) is 3.80. The Morgan fingerprint density at radius 2 is 1.50 bits per heavy atom. The molecule has 112 valence electrons. The summed E-state index contributed by atoms with van der Waals surface area (Å²) in [6.45, 7) is 3.24. The average molecular weight is 344 g/mol. The van der Waals surface area contributed by atoms with E-state index in [0.717, 1.165) is 6.61 Å². The zero-order valence-corrected chi connectivity index (χ0v) is 15.1. The van der Waals surface area contributed by atoms with E-state index < -0.39 is 6.35 Å². The zero-order valence-electron chi connectivity index (χ0n) is 12.6. The van der Waals surface area contributed by atoms with Gasteiger partial charge in [0.25, 0.3) is 0 Å². The summed E-state index contributed by atoms with van der Waals surface area (Å²) in [5.74, 6) is 0. The average Bonchev–Trinajstić information content (AvgIpc) is 3.27. The van der Waals surface area contributed by atoms with E-state index >= 15 is 0 Å². The predicted octanol–water partition coefficient (Wildman–Crippen LogP) is 4.14. The Morgan fingerprint density at radius 1 is 0.909 bits per heavy atom. The third-order valence-electron chi connectivity index (χ3n) is 4.59. The van der Waals surface area contributed by atoms with Crippen LogP contribution in [0.15, 0.2) is 58.1 Å². The van der Waals surface area contributed by atoms with Crippen LogP contribution in [0.3, 0.4) is 0 Å². The van der Waals surface area contributed by atoms with E-state index in [4.69, 9.17) is 0 Å². The number of thiophene rings is 3. The van der Waals surface area contributed by atoms with Crippen LogP contribution in [0.25, 0.3) is 5.47 Å². The summed E-state index contributed by atoms with van der Waals surface area (Å²) in [7, 11) is 2.20. The molecule has 0 fully saturated rings. The first-order valence-electron chi connectivity index (χ1n) is 7.34. The molecule has 3 aromatic rings. The van der Waals surface area contributed by atoms with E-state index in [1.165, 1.54) is 25.5 Å². The van der Waals surface area contributed by atoms with Gasteiger partial charge in [-0.25, -0.2) is 0 Å². The van der Waals surface area contributed by atoms with Crippen LogP contribution in [0.1, 0.15) is 11.8 Å². The van der Waals surface area contributed by atoms with Crippen molar-refractivity contribution in [2.45, 2.75) is 6.92 Å². The Bertz CT molecular complexity index is 751. The molecule has 1 aliphatic rings. The maximum absolute atomic E-state index is 3.53. The first kappa shape index (κ1) is 14.5. The molecule has 0 radical (unpaired) electrons. The normalized spacial score (nSPS) is 18.3. The molecular weight excluding hydrogens is 327 g/mol. The highest BCUT2D eigenvalue weighted by molar-refractivity contribution is 7.40. The molecule has 0 amide bonds. The SMILES string of the molecule is CC1=C(c2cccs2)[B-](c2cccs2)(c2cccs2)[O+](C)C1. The van der Waals surface area contributed by atoms with Crippen LogP contribution in [0, 0.1) is 0 Å². The van der Waals surface area contributed by atoms with Crippen LogP contribution in [-0.2, 0) is 4.28 Å². The Morgan fingerprint density at radius 3 is 2.00 bits per heavy atom. The highest BCUT2D eigenvalue weighted by atomic mass is 32.1. The van der Waals surface area contributed by atoms with Crippen molar-refractivity contribution in [2.75, 3.05) is 13.7 Å². The maximum atomic E-state index is 3.53. The largest absolute Gasteiger partial charge is 0.658 e. The van der Waals surface area contributed by atoms with Crippen molar-refractivity contribution in [3.8, 4) is 0 Å². The Labute approximate surface area is 143 Å². The van der Waals surface area contributed by atoms with Gasteiger partial charge in [-0.3, -0.25) is 0 Å². The Kier molecular flexibility index (Phi) is 3.61. The van der Waals surface area contributed by atoms with Gasteiger partial charge in [-0.15, -0.1) is 11.3 Å². The molecule has 1 aliphatic heterocycles. The minimum absolute atomic E-state index is 0.961. The number of hydrogen-bond acceptors (Lipinski definition) is 3. The maximum Gasteiger partial charge on any atom is 0.397 e. The van der Waals surface area contributed by atoms with Crippen LogP contribution in [0.2, 0.25) is 0 Å². The molecule has 3 aromatic heterocycles. The van der Waals surface area contributed by atoms with Gasteiger partial charge in [0.05, 0.1) is 7.11 Å². The first-order valence-corrected chi connectivity index (χ1v) is 9.98. The molecule has 0 aromatic carbocycles. The van der Waals surface area contributed by atoms with Crippen molar-refractivity contribution in [2.24, 2.45) is 0 Å². The number of hydrogen-bond donors (Lipinski definition) is 0. The highest BCUT2D eigenvalue weighted by Crippen LogP contribution is 2.42. The Balaban J connectivity index is 2.05. The van der Waals surface area contributed by atoms with E-state index in [1.54, 1.807) is 0 Å². The van der Waals surface area contributed by atoms with Crippen molar-refractivity contribution in [1.29, 1.82) is 0 Å². The fraction of sp³-hybridized carbons (Fsp3) is 0.176. The lowest BCUT2D eigenvalue weighted by Gasteiger charge is -2.40. The van der Waals surface area contributed by atoms with Crippen molar-refractivity contribution >= 4 is 55.4 Å². The molecule has 0 saturated carbocycles. The van der Waals surface area contributed by atoms with Crippen LogP contribution in [0.4, 0.5) is 0 Å². The van der Waals surface area contributed by atoms with Gasteiger partial charge < -0.3 is 4.28 Å². The van der Waals surface area contributed by atoms with Gasteiger partial charge in [-0.05, 0) is 34.7 Å². The standard InChI is InChI=1S/C17H17BOS3/c1-13-12-19(2)18(15-7-4-10-21-15,16-8-5-11-22-16)17(13)14-6-3-9-20-14/h3-11H,12H2,1-2H3. The molecule has 1 nitrogen and oxygen atoms in total. The molecule has 5 heteroatoms. The van der Waals surface area contributed by atoms with Crippen molar-refractivity contribution < 1.29 is 4.28 Å². The van der Waals surface area contributed by atoms with E-state index in [2.05, 4.69) is 70.9 Å². The van der Waals surface area contributed by atoms with Crippen molar-refractivity contribution in [3.63, 3.8) is 0 Å². The molecule has 0 N–H and O–H groups in total. The molecule has 0 atom stereocenters. The third-order valence-corrected chi connectivity index (χ3v) is 7.56. The second-order valence-corrected chi connectivity index (χ2v) is 8.73. The molecular formula is C17H17BOS3. The summed E-state index contributed by atoms with van der Waals surface area (Å²) in [4.78, 5) is 1.40. The molecule has 0 bridgehead atoms. The van der Waals surface area contributed by atoms with Crippen LogP contribution < -0.4 is 9.55 Å². The van der Waals surface area contributed by atoms with Gasteiger partial charge in [-0.2, -0.15) is 22.7 Å². The van der Waals surface area contributed by atoms with Gasteiger partial charge in [0.2, 0.25) is 0 Å². The molecule has 4 rings (SSSR count). The van der Waals surface area contributed by atoms with Crippen LogP contribution in [0.5, 0.6) is 0 Å². The molecule has 0 saturated heterocycles. The lowest BCUT2D eigenvalue weighted by Crippen LogP contribution is -2.62. The monoisotopic (exact) mass is 344 g/mol. The lowest BCUT2D eigenvalue weighted by atomic mass is 9.33. The van der Waals surface area contributed by atoms with Crippen molar-refractivity contribution in [1.82, 2.24) is 0 Å². The second kappa shape index (κ2) is 5.50.